The maximum absolute atomic E-state index is 5.85. The molecule has 0 unspecified atom stereocenters. The van der Waals surface area contributed by atoms with Gasteiger partial charge in [0.15, 0.2) is 5.90 Å². The number of aryl methyl sites for hydroxylation is 1. The number of nitrogens with zero attached hydrogens (tertiary/aromatic N) is 1. The van der Waals surface area contributed by atoms with E-state index in [0.717, 1.165) is 57.0 Å². The van der Waals surface area contributed by atoms with Gasteiger partial charge in [0.2, 0.25) is 0 Å². The Morgan fingerprint density at radius 1 is 1.00 bits per heavy atom. The fraction of sp³-hybridized carbons (Fsp3) is 0.682. The van der Waals surface area contributed by atoms with Crippen LogP contribution in [-0.4, -0.2) is 24.7 Å². The monoisotopic (exact) mass is 345 g/mol. The van der Waals surface area contributed by atoms with E-state index in [4.69, 9.17) is 14.5 Å². The zero-order valence-corrected chi connectivity index (χ0v) is 16.4. The molecule has 0 fully saturated rings. The lowest BCUT2D eigenvalue weighted by Crippen LogP contribution is -2.28. The van der Waals surface area contributed by atoms with Gasteiger partial charge in [-0.3, -0.25) is 0 Å². The van der Waals surface area contributed by atoms with Crippen LogP contribution in [0.2, 0.25) is 0 Å². The van der Waals surface area contributed by atoms with Crippen molar-refractivity contribution in [3.05, 3.63) is 29.8 Å². The SMILES string of the molecule is CCCCCCCOc1ccc(CC[C@@]2(CCC)COC(C)=N2)cc1. The Balaban J connectivity index is 1.74. The first-order chi connectivity index (χ1) is 12.2. The minimum Gasteiger partial charge on any atom is -0.494 e. The van der Waals surface area contributed by atoms with Gasteiger partial charge in [-0.25, -0.2) is 4.99 Å². The number of hydrogen-bond acceptors (Lipinski definition) is 3. The Labute approximate surface area is 153 Å². The van der Waals surface area contributed by atoms with Crippen LogP contribution in [0.3, 0.4) is 0 Å². The summed E-state index contributed by atoms with van der Waals surface area (Å²) in [7, 11) is 0. The molecule has 3 heteroatoms. The maximum atomic E-state index is 5.85. The van der Waals surface area contributed by atoms with Crippen molar-refractivity contribution in [3.63, 3.8) is 0 Å². The van der Waals surface area contributed by atoms with E-state index in [1.807, 2.05) is 6.92 Å². The molecule has 0 saturated carbocycles. The Hall–Kier alpha value is -1.51. The topological polar surface area (TPSA) is 30.8 Å². The first kappa shape index (κ1) is 19.8. The smallest absolute Gasteiger partial charge is 0.180 e. The third-order valence-corrected chi connectivity index (χ3v) is 4.98. The van der Waals surface area contributed by atoms with Crippen molar-refractivity contribution in [2.45, 2.75) is 84.1 Å². The summed E-state index contributed by atoms with van der Waals surface area (Å²) in [5.41, 5.74) is 1.34. The van der Waals surface area contributed by atoms with Crippen LogP contribution >= 0.6 is 0 Å². The zero-order chi connectivity index (χ0) is 18.0. The van der Waals surface area contributed by atoms with Crippen LogP contribution in [0, 0.1) is 0 Å². The molecule has 3 nitrogen and oxygen atoms in total. The van der Waals surface area contributed by atoms with Gasteiger partial charge in [-0.15, -0.1) is 0 Å². The van der Waals surface area contributed by atoms with Gasteiger partial charge in [-0.1, -0.05) is 58.1 Å². The van der Waals surface area contributed by atoms with Crippen molar-refractivity contribution in [3.8, 4) is 5.75 Å². The first-order valence-corrected chi connectivity index (χ1v) is 10.1. The van der Waals surface area contributed by atoms with E-state index in [-0.39, 0.29) is 5.54 Å². The standard InChI is InChI=1S/C22H35NO2/c1-4-6-7-8-9-17-24-21-12-10-20(11-13-21)14-16-22(15-5-2)18-25-19(3)23-22/h10-13H,4-9,14-18H2,1-3H3/t22-/m0/s1. The van der Waals surface area contributed by atoms with Crippen LogP contribution in [0.1, 0.15) is 77.7 Å². The minimum atomic E-state index is -0.00745. The quantitative estimate of drug-likeness (QED) is 0.438. The lowest BCUT2D eigenvalue weighted by atomic mass is 9.88. The lowest BCUT2D eigenvalue weighted by molar-refractivity contribution is 0.231. The number of ether oxygens (including phenoxy) is 2. The van der Waals surface area contributed by atoms with Crippen molar-refractivity contribution >= 4 is 5.90 Å². The highest BCUT2D eigenvalue weighted by Crippen LogP contribution is 2.30. The predicted molar refractivity (Wildman–Crippen MR) is 106 cm³/mol. The highest BCUT2D eigenvalue weighted by Gasteiger charge is 2.34. The molecule has 1 aliphatic rings. The summed E-state index contributed by atoms with van der Waals surface area (Å²) >= 11 is 0. The predicted octanol–water partition coefficient (Wildman–Crippen LogP) is 5.96. The van der Waals surface area contributed by atoms with Crippen LogP contribution in [0.25, 0.3) is 0 Å². The Kier molecular flexibility index (Phi) is 8.30. The molecule has 0 spiro atoms. The highest BCUT2D eigenvalue weighted by molar-refractivity contribution is 5.75. The minimum absolute atomic E-state index is 0.00745. The maximum Gasteiger partial charge on any atom is 0.180 e. The molecule has 1 aromatic rings. The van der Waals surface area contributed by atoms with Crippen LogP contribution < -0.4 is 4.74 Å². The second kappa shape index (κ2) is 10.5. The van der Waals surface area contributed by atoms with Gasteiger partial charge in [-0.2, -0.15) is 0 Å². The summed E-state index contributed by atoms with van der Waals surface area (Å²) in [6.45, 7) is 8.00. The molecule has 0 bridgehead atoms. The van der Waals surface area contributed by atoms with Gasteiger partial charge in [0.25, 0.3) is 0 Å². The largest absolute Gasteiger partial charge is 0.494 e. The summed E-state index contributed by atoms with van der Waals surface area (Å²) in [4.78, 5) is 4.78. The molecule has 1 aromatic carbocycles. The molecule has 0 amide bonds. The second-order valence-electron chi connectivity index (χ2n) is 7.30. The summed E-state index contributed by atoms with van der Waals surface area (Å²) in [6.07, 6.45) is 10.7. The van der Waals surface area contributed by atoms with Crippen molar-refractivity contribution < 1.29 is 9.47 Å². The van der Waals surface area contributed by atoms with Gasteiger partial charge in [-0.05, 0) is 43.4 Å². The van der Waals surface area contributed by atoms with Gasteiger partial charge < -0.3 is 9.47 Å². The normalized spacial score (nSPS) is 19.6. The summed E-state index contributed by atoms with van der Waals surface area (Å²) in [6, 6.07) is 8.60. The molecule has 0 aliphatic carbocycles. The molecule has 0 saturated heterocycles. The third kappa shape index (κ3) is 6.72. The Bertz CT molecular complexity index is 523. The van der Waals surface area contributed by atoms with Crippen molar-refractivity contribution in [2.24, 2.45) is 4.99 Å². The van der Waals surface area contributed by atoms with Crippen LogP contribution in [0.15, 0.2) is 29.3 Å². The highest BCUT2D eigenvalue weighted by atomic mass is 16.5. The molecular weight excluding hydrogens is 310 g/mol. The van der Waals surface area contributed by atoms with Crippen molar-refractivity contribution in [1.29, 1.82) is 0 Å². The molecule has 1 aliphatic heterocycles. The number of unbranched alkanes of at least 4 members (excludes halogenated alkanes) is 4. The van der Waals surface area contributed by atoms with E-state index >= 15 is 0 Å². The number of aliphatic imine (C=N–C) groups is 1. The zero-order valence-electron chi connectivity index (χ0n) is 16.4. The van der Waals surface area contributed by atoms with E-state index in [1.165, 1.54) is 31.2 Å². The van der Waals surface area contributed by atoms with E-state index in [1.54, 1.807) is 0 Å². The number of benzene rings is 1. The summed E-state index contributed by atoms with van der Waals surface area (Å²) < 4.78 is 11.5. The average molecular weight is 346 g/mol. The first-order valence-electron chi connectivity index (χ1n) is 10.1. The molecule has 0 radical (unpaired) electrons. The Morgan fingerprint density at radius 2 is 1.76 bits per heavy atom. The van der Waals surface area contributed by atoms with Gasteiger partial charge in [0.05, 0.1) is 12.1 Å². The van der Waals surface area contributed by atoms with Crippen LogP contribution in [0.4, 0.5) is 0 Å². The molecule has 0 N–H and O–H groups in total. The van der Waals surface area contributed by atoms with E-state index in [2.05, 4.69) is 38.1 Å². The van der Waals surface area contributed by atoms with Crippen LogP contribution in [0.5, 0.6) is 5.75 Å². The molecule has 0 aromatic heterocycles. The van der Waals surface area contributed by atoms with E-state index < -0.39 is 0 Å². The molecule has 2 rings (SSSR count). The molecule has 140 valence electrons. The molecule has 1 atom stereocenters. The Morgan fingerprint density at radius 3 is 2.40 bits per heavy atom. The fourth-order valence-corrected chi connectivity index (χ4v) is 3.51. The van der Waals surface area contributed by atoms with Gasteiger partial charge in [0, 0.05) is 6.92 Å². The lowest BCUT2D eigenvalue weighted by Gasteiger charge is -2.23. The van der Waals surface area contributed by atoms with Gasteiger partial charge >= 0.3 is 0 Å². The van der Waals surface area contributed by atoms with Gasteiger partial charge in [0.1, 0.15) is 12.4 Å². The van der Waals surface area contributed by atoms with Crippen LogP contribution in [-0.2, 0) is 11.2 Å². The van der Waals surface area contributed by atoms with E-state index in [0.29, 0.717) is 0 Å². The average Bonchev–Trinajstić information content (AvgIpc) is 2.99. The van der Waals surface area contributed by atoms with Crippen molar-refractivity contribution in [1.82, 2.24) is 0 Å². The molecule has 1 heterocycles. The summed E-state index contributed by atoms with van der Waals surface area (Å²) in [5, 5.41) is 0. The number of rotatable bonds is 12. The van der Waals surface area contributed by atoms with Crippen molar-refractivity contribution in [2.75, 3.05) is 13.2 Å². The third-order valence-electron chi connectivity index (χ3n) is 4.98. The second-order valence-corrected chi connectivity index (χ2v) is 7.30. The molecule has 25 heavy (non-hydrogen) atoms. The van der Waals surface area contributed by atoms with E-state index in [9.17, 15) is 0 Å². The molecular formula is C22H35NO2. The fourth-order valence-electron chi connectivity index (χ4n) is 3.51. The summed E-state index contributed by atoms with van der Waals surface area (Å²) in [5.74, 6) is 1.83. The number of hydrogen-bond donors (Lipinski definition) is 0.